The molecule has 96 valence electrons. The lowest BCUT2D eigenvalue weighted by atomic mass is 9.75. The summed E-state index contributed by atoms with van der Waals surface area (Å²) in [7, 11) is 2.23. The van der Waals surface area contributed by atoms with Crippen LogP contribution in [0.2, 0.25) is 0 Å². The third-order valence-electron chi connectivity index (χ3n) is 4.21. The monoisotopic (exact) mass is 225 g/mol. The van der Waals surface area contributed by atoms with Gasteiger partial charge in [-0.25, -0.2) is 0 Å². The van der Waals surface area contributed by atoms with Crippen molar-refractivity contribution < 1.29 is 0 Å². The molecule has 0 radical (unpaired) electrons. The van der Waals surface area contributed by atoms with Crippen LogP contribution in [0.15, 0.2) is 12.7 Å². The molecule has 0 bridgehead atoms. The van der Waals surface area contributed by atoms with E-state index in [2.05, 4.69) is 59.2 Å². The minimum absolute atomic E-state index is 0.293. The third kappa shape index (κ3) is 4.69. The van der Waals surface area contributed by atoms with E-state index in [1.807, 2.05) is 0 Å². The highest BCUT2D eigenvalue weighted by Gasteiger charge is 2.25. The van der Waals surface area contributed by atoms with Crippen LogP contribution in [0.5, 0.6) is 0 Å². The van der Waals surface area contributed by atoms with E-state index >= 15 is 0 Å². The summed E-state index contributed by atoms with van der Waals surface area (Å²) in [6.45, 7) is 16.7. The van der Waals surface area contributed by atoms with E-state index in [1.165, 1.54) is 25.8 Å². The summed E-state index contributed by atoms with van der Waals surface area (Å²) in [5, 5.41) is 0. The van der Waals surface area contributed by atoms with Gasteiger partial charge in [0.25, 0.3) is 0 Å². The van der Waals surface area contributed by atoms with Gasteiger partial charge in [0.15, 0.2) is 0 Å². The highest BCUT2D eigenvalue weighted by Crippen LogP contribution is 2.34. The largest absolute Gasteiger partial charge is 0.304 e. The maximum absolute atomic E-state index is 4.00. The molecule has 0 N–H and O–H groups in total. The average Bonchev–Trinajstić information content (AvgIpc) is 2.25. The van der Waals surface area contributed by atoms with Gasteiger partial charge in [-0.1, -0.05) is 33.8 Å². The first-order chi connectivity index (χ1) is 7.37. The van der Waals surface area contributed by atoms with Crippen molar-refractivity contribution in [3.63, 3.8) is 0 Å². The average molecular weight is 225 g/mol. The molecule has 0 aromatic carbocycles. The Bertz CT molecular complexity index is 198. The minimum Gasteiger partial charge on any atom is -0.304 e. The first kappa shape index (κ1) is 15.7. The first-order valence-corrected chi connectivity index (χ1v) is 6.71. The topological polar surface area (TPSA) is 3.24 Å². The lowest BCUT2D eigenvalue weighted by Crippen LogP contribution is -2.32. The molecule has 0 fully saturated rings. The number of rotatable bonds is 8. The van der Waals surface area contributed by atoms with Crippen LogP contribution in [-0.2, 0) is 0 Å². The minimum atomic E-state index is 0.293. The van der Waals surface area contributed by atoms with Crippen LogP contribution < -0.4 is 0 Å². The van der Waals surface area contributed by atoms with Crippen molar-refractivity contribution in [2.45, 2.75) is 59.9 Å². The maximum Gasteiger partial charge on any atom is 0.00641 e. The fourth-order valence-corrected chi connectivity index (χ4v) is 1.94. The van der Waals surface area contributed by atoms with E-state index in [9.17, 15) is 0 Å². The summed E-state index contributed by atoms with van der Waals surface area (Å²) in [5.41, 5.74) is 0.293. The van der Waals surface area contributed by atoms with E-state index in [4.69, 9.17) is 0 Å². The van der Waals surface area contributed by atoms with Crippen molar-refractivity contribution in [3.05, 3.63) is 12.7 Å². The quantitative estimate of drug-likeness (QED) is 0.555. The van der Waals surface area contributed by atoms with Crippen LogP contribution in [0.25, 0.3) is 0 Å². The molecule has 2 unspecified atom stereocenters. The number of hydrogen-bond acceptors (Lipinski definition) is 1. The van der Waals surface area contributed by atoms with Crippen LogP contribution in [0, 0.1) is 11.3 Å². The van der Waals surface area contributed by atoms with Gasteiger partial charge in [0.05, 0.1) is 0 Å². The van der Waals surface area contributed by atoms with Gasteiger partial charge in [-0.15, -0.1) is 6.58 Å². The Morgan fingerprint density at radius 1 is 1.31 bits per heavy atom. The molecule has 2 atom stereocenters. The Kier molecular flexibility index (Phi) is 6.98. The molecular weight excluding hydrogens is 194 g/mol. The van der Waals surface area contributed by atoms with Crippen molar-refractivity contribution in [1.29, 1.82) is 0 Å². The third-order valence-corrected chi connectivity index (χ3v) is 4.21. The molecule has 0 aliphatic heterocycles. The lowest BCUT2D eigenvalue weighted by Gasteiger charge is -2.33. The molecule has 16 heavy (non-hydrogen) atoms. The Hall–Kier alpha value is -0.300. The van der Waals surface area contributed by atoms with Crippen molar-refractivity contribution in [2.24, 2.45) is 11.3 Å². The fourth-order valence-electron chi connectivity index (χ4n) is 1.94. The molecule has 0 aliphatic carbocycles. The van der Waals surface area contributed by atoms with Gasteiger partial charge in [-0.2, -0.15) is 0 Å². The smallest absolute Gasteiger partial charge is 0.00641 e. The molecular formula is C15H31N. The second-order valence-corrected chi connectivity index (χ2v) is 5.73. The van der Waals surface area contributed by atoms with Gasteiger partial charge < -0.3 is 4.90 Å². The SMILES string of the molecule is C=CC(C)(CCC(C)N(C)CCC)C(C)C. The fraction of sp³-hybridized carbons (Fsp3) is 0.867. The van der Waals surface area contributed by atoms with Crippen LogP contribution in [0.1, 0.15) is 53.9 Å². The van der Waals surface area contributed by atoms with E-state index < -0.39 is 0 Å². The summed E-state index contributed by atoms with van der Waals surface area (Å²) >= 11 is 0. The van der Waals surface area contributed by atoms with Crippen molar-refractivity contribution in [1.82, 2.24) is 4.90 Å². The maximum atomic E-state index is 4.00. The second-order valence-electron chi connectivity index (χ2n) is 5.73. The molecule has 0 aromatic heterocycles. The summed E-state index contributed by atoms with van der Waals surface area (Å²) in [6.07, 6.45) is 5.88. The van der Waals surface area contributed by atoms with E-state index in [0.717, 1.165) is 0 Å². The summed E-state index contributed by atoms with van der Waals surface area (Å²) < 4.78 is 0. The predicted molar refractivity (Wildman–Crippen MR) is 74.8 cm³/mol. The zero-order valence-corrected chi connectivity index (χ0v) is 12.2. The molecule has 0 saturated heterocycles. The van der Waals surface area contributed by atoms with E-state index in [1.54, 1.807) is 0 Å². The zero-order chi connectivity index (χ0) is 12.8. The highest BCUT2D eigenvalue weighted by molar-refractivity contribution is 4.94. The van der Waals surface area contributed by atoms with E-state index in [-0.39, 0.29) is 0 Å². The molecule has 1 heteroatoms. The Morgan fingerprint density at radius 2 is 1.88 bits per heavy atom. The van der Waals surface area contributed by atoms with E-state index in [0.29, 0.717) is 17.4 Å². The highest BCUT2D eigenvalue weighted by atomic mass is 15.1. The normalized spacial score (nSPS) is 17.5. The van der Waals surface area contributed by atoms with Crippen LogP contribution in [0.4, 0.5) is 0 Å². The summed E-state index contributed by atoms with van der Waals surface area (Å²) in [4.78, 5) is 2.46. The number of hydrogen-bond donors (Lipinski definition) is 0. The zero-order valence-electron chi connectivity index (χ0n) is 12.2. The molecule has 0 aromatic rings. The lowest BCUT2D eigenvalue weighted by molar-refractivity contribution is 0.198. The van der Waals surface area contributed by atoms with Gasteiger partial charge in [0, 0.05) is 6.04 Å². The van der Waals surface area contributed by atoms with Crippen LogP contribution in [-0.4, -0.2) is 24.5 Å². The second kappa shape index (κ2) is 7.11. The van der Waals surface area contributed by atoms with Gasteiger partial charge in [0.2, 0.25) is 0 Å². The molecule has 0 heterocycles. The van der Waals surface area contributed by atoms with Crippen molar-refractivity contribution >= 4 is 0 Å². The van der Waals surface area contributed by atoms with Crippen LogP contribution in [0.3, 0.4) is 0 Å². The van der Waals surface area contributed by atoms with Gasteiger partial charge >= 0.3 is 0 Å². The molecule has 0 saturated carbocycles. The number of allylic oxidation sites excluding steroid dienone is 1. The summed E-state index contributed by atoms with van der Waals surface area (Å²) in [6, 6.07) is 0.679. The van der Waals surface area contributed by atoms with Gasteiger partial charge in [0.1, 0.15) is 0 Å². The molecule has 0 spiro atoms. The van der Waals surface area contributed by atoms with Crippen LogP contribution >= 0.6 is 0 Å². The molecule has 0 rings (SSSR count). The van der Waals surface area contributed by atoms with Gasteiger partial charge in [-0.3, -0.25) is 0 Å². The molecule has 1 nitrogen and oxygen atoms in total. The van der Waals surface area contributed by atoms with Gasteiger partial charge in [-0.05, 0) is 51.1 Å². The Labute approximate surface area is 103 Å². The standard InChI is InChI=1S/C15H31N/c1-8-12-16(7)14(5)10-11-15(6,9-2)13(3)4/h9,13-14H,2,8,10-12H2,1,3-7H3. The molecule has 0 amide bonds. The van der Waals surface area contributed by atoms with Crippen molar-refractivity contribution in [3.8, 4) is 0 Å². The first-order valence-electron chi connectivity index (χ1n) is 6.71. The Morgan fingerprint density at radius 3 is 2.25 bits per heavy atom. The van der Waals surface area contributed by atoms with Crippen molar-refractivity contribution in [2.75, 3.05) is 13.6 Å². The molecule has 0 aliphatic rings. The Balaban J connectivity index is 4.16. The summed E-state index contributed by atoms with van der Waals surface area (Å²) in [5.74, 6) is 0.675. The predicted octanol–water partition coefficient (Wildman–Crippen LogP) is 4.35. The number of nitrogens with zero attached hydrogens (tertiary/aromatic N) is 1.